The highest BCUT2D eigenvalue weighted by atomic mass is 35.5. The van der Waals surface area contributed by atoms with Crippen LogP contribution in [0.1, 0.15) is 32.1 Å². The van der Waals surface area contributed by atoms with Crippen LogP contribution in [-0.2, 0) is 0 Å². The lowest BCUT2D eigenvalue weighted by molar-refractivity contribution is 0.0926. The molecule has 0 aliphatic heterocycles. The lowest BCUT2D eigenvalue weighted by atomic mass is 10.1. The number of benzene rings is 2. The number of rotatable bonds is 6. The molecule has 0 aliphatic carbocycles. The normalized spacial score (nSPS) is 10.6. The van der Waals surface area contributed by atoms with Gasteiger partial charge in [0.1, 0.15) is 5.75 Å². The number of fused-ring (bicyclic) bond motifs is 1. The van der Waals surface area contributed by atoms with E-state index in [2.05, 4.69) is 20.6 Å². The fourth-order valence-corrected chi connectivity index (χ4v) is 2.95. The molecule has 0 saturated heterocycles. The summed E-state index contributed by atoms with van der Waals surface area (Å²) in [7, 11) is 1.48. The van der Waals surface area contributed by atoms with Gasteiger partial charge in [0.05, 0.1) is 35.1 Å². The standard InChI is InChI=1S/C21H21ClN4O3/c1-12-13(2)26-18-10-14(4-6-17(18)25-12)20(27)23-8-9-24-21(28)16-11-15(22)5-7-19(16)29-3/h4-7,10-11H,8-9H2,1-3H3,(H,23,27)(H,24,28). The van der Waals surface area contributed by atoms with Gasteiger partial charge in [-0.1, -0.05) is 11.6 Å². The third-order valence-corrected chi connectivity index (χ3v) is 4.67. The summed E-state index contributed by atoms with van der Waals surface area (Å²) >= 11 is 5.95. The van der Waals surface area contributed by atoms with Crippen molar-refractivity contribution in [1.29, 1.82) is 0 Å². The van der Waals surface area contributed by atoms with Crippen LogP contribution < -0.4 is 15.4 Å². The van der Waals surface area contributed by atoms with Crippen molar-refractivity contribution in [2.75, 3.05) is 20.2 Å². The molecule has 1 heterocycles. The Morgan fingerprint density at radius 2 is 1.59 bits per heavy atom. The minimum atomic E-state index is -0.328. The molecule has 7 nitrogen and oxygen atoms in total. The highest BCUT2D eigenvalue weighted by Crippen LogP contribution is 2.22. The van der Waals surface area contributed by atoms with E-state index in [0.717, 1.165) is 16.9 Å². The lowest BCUT2D eigenvalue weighted by Gasteiger charge is -2.10. The SMILES string of the molecule is COc1ccc(Cl)cc1C(=O)NCCNC(=O)c1ccc2nc(C)c(C)nc2c1. The van der Waals surface area contributed by atoms with E-state index in [1.54, 1.807) is 30.3 Å². The highest BCUT2D eigenvalue weighted by molar-refractivity contribution is 6.31. The lowest BCUT2D eigenvalue weighted by Crippen LogP contribution is -2.34. The largest absolute Gasteiger partial charge is 0.496 e. The minimum absolute atomic E-state index is 0.249. The van der Waals surface area contributed by atoms with Crippen molar-refractivity contribution in [2.24, 2.45) is 0 Å². The summed E-state index contributed by atoms with van der Waals surface area (Å²) in [6.07, 6.45) is 0. The maximum atomic E-state index is 12.4. The van der Waals surface area contributed by atoms with E-state index in [0.29, 0.717) is 27.4 Å². The van der Waals surface area contributed by atoms with Gasteiger partial charge in [0.2, 0.25) is 0 Å². The van der Waals surface area contributed by atoms with Gasteiger partial charge < -0.3 is 15.4 Å². The maximum absolute atomic E-state index is 12.4. The number of ether oxygens (including phenoxy) is 1. The molecule has 1 aromatic heterocycles. The number of hydrogen-bond donors (Lipinski definition) is 2. The van der Waals surface area contributed by atoms with Crippen LogP contribution in [0.5, 0.6) is 5.75 Å². The molecular formula is C21H21ClN4O3. The summed E-state index contributed by atoms with van der Waals surface area (Å²) in [5.74, 6) is -0.148. The molecule has 0 bridgehead atoms. The second kappa shape index (κ2) is 8.87. The first-order valence-corrected chi connectivity index (χ1v) is 9.42. The zero-order valence-electron chi connectivity index (χ0n) is 16.4. The van der Waals surface area contributed by atoms with E-state index >= 15 is 0 Å². The Kier molecular flexibility index (Phi) is 6.29. The first-order valence-electron chi connectivity index (χ1n) is 9.04. The molecule has 2 amide bonds. The second-order valence-electron chi connectivity index (χ2n) is 6.45. The summed E-state index contributed by atoms with van der Waals surface area (Å²) in [4.78, 5) is 33.6. The number of nitrogens with zero attached hydrogens (tertiary/aromatic N) is 2. The monoisotopic (exact) mass is 412 g/mol. The highest BCUT2D eigenvalue weighted by Gasteiger charge is 2.13. The predicted octanol–water partition coefficient (Wildman–Crippen LogP) is 3.07. The van der Waals surface area contributed by atoms with Crippen LogP contribution in [0.3, 0.4) is 0 Å². The maximum Gasteiger partial charge on any atom is 0.255 e. The number of methoxy groups -OCH3 is 1. The molecule has 29 heavy (non-hydrogen) atoms. The number of carbonyl (C=O) groups is 2. The Morgan fingerprint density at radius 1 is 0.931 bits per heavy atom. The molecule has 0 atom stereocenters. The number of aromatic nitrogens is 2. The van der Waals surface area contributed by atoms with Crippen LogP contribution in [0.15, 0.2) is 36.4 Å². The second-order valence-corrected chi connectivity index (χ2v) is 6.89. The third-order valence-electron chi connectivity index (χ3n) is 4.44. The molecule has 3 aromatic rings. The van der Waals surface area contributed by atoms with Crippen molar-refractivity contribution in [2.45, 2.75) is 13.8 Å². The fraction of sp³-hybridized carbons (Fsp3) is 0.238. The molecule has 0 aliphatic rings. The summed E-state index contributed by atoms with van der Waals surface area (Å²) in [5.41, 5.74) is 3.92. The van der Waals surface area contributed by atoms with Crippen LogP contribution >= 0.6 is 11.6 Å². The molecule has 0 saturated carbocycles. The van der Waals surface area contributed by atoms with Gasteiger partial charge in [-0.05, 0) is 50.2 Å². The van der Waals surface area contributed by atoms with Crippen molar-refractivity contribution in [3.63, 3.8) is 0 Å². The quantitative estimate of drug-likeness (QED) is 0.607. The van der Waals surface area contributed by atoms with Crippen LogP contribution in [0.25, 0.3) is 11.0 Å². The first-order chi connectivity index (χ1) is 13.9. The summed E-state index contributed by atoms with van der Waals surface area (Å²) in [6, 6.07) is 10.0. The van der Waals surface area contributed by atoms with Crippen LogP contribution in [-0.4, -0.2) is 42.0 Å². The molecular weight excluding hydrogens is 392 g/mol. The van der Waals surface area contributed by atoms with E-state index < -0.39 is 0 Å². The fourth-order valence-electron chi connectivity index (χ4n) is 2.78. The van der Waals surface area contributed by atoms with Gasteiger partial charge in [-0.2, -0.15) is 0 Å². The van der Waals surface area contributed by atoms with Crippen molar-refractivity contribution in [3.05, 3.63) is 63.9 Å². The van der Waals surface area contributed by atoms with Crippen LogP contribution in [0.4, 0.5) is 0 Å². The van der Waals surface area contributed by atoms with Gasteiger partial charge in [0.25, 0.3) is 11.8 Å². The summed E-state index contributed by atoms with van der Waals surface area (Å²) in [6.45, 7) is 4.30. The van der Waals surface area contributed by atoms with Gasteiger partial charge in [-0.25, -0.2) is 9.97 Å². The summed E-state index contributed by atoms with van der Waals surface area (Å²) < 4.78 is 5.17. The Balaban J connectivity index is 1.57. The number of carbonyl (C=O) groups excluding carboxylic acids is 2. The predicted molar refractivity (Wildman–Crippen MR) is 112 cm³/mol. The van der Waals surface area contributed by atoms with Gasteiger partial charge in [-0.3, -0.25) is 9.59 Å². The zero-order valence-corrected chi connectivity index (χ0v) is 17.1. The number of amides is 2. The van der Waals surface area contributed by atoms with Crippen molar-refractivity contribution >= 4 is 34.4 Å². The Labute approximate surface area is 173 Å². The van der Waals surface area contributed by atoms with Crippen molar-refractivity contribution in [1.82, 2.24) is 20.6 Å². The van der Waals surface area contributed by atoms with Gasteiger partial charge >= 0.3 is 0 Å². The molecule has 3 rings (SSSR count). The Bertz CT molecular complexity index is 1080. The van der Waals surface area contributed by atoms with Crippen molar-refractivity contribution in [3.8, 4) is 5.75 Å². The van der Waals surface area contributed by atoms with Crippen molar-refractivity contribution < 1.29 is 14.3 Å². The molecule has 0 spiro atoms. The van der Waals surface area contributed by atoms with E-state index in [-0.39, 0.29) is 24.9 Å². The molecule has 150 valence electrons. The third kappa shape index (κ3) is 4.81. The van der Waals surface area contributed by atoms with Crippen LogP contribution in [0.2, 0.25) is 5.02 Å². The molecule has 0 radical (unpaired) electrons. The molecule has 8 heteroatoms. The molecule has 0 unspecified atom stereocenters. The van der Waals surface area contributed by atoms with Gasteiger partial charge in [0.15, 0.2) is 0 Å². The number of nitrogens with one attached hydrogen (secondary N) is 2. The number of hydrogen-bond acceptors (Lipinski definition) is 5. The summed E-state index contributed by atoms with van der Waals surface area (Å²) in [5, 5.41) is 5.95. The average molecular weight is 413 g/mol. The van der Waals surface area contributed by atoms with Gasteiger partial charge in [0, 0.05) is 23.7 Å². The Morgan fingerprint density at radius 3 is 2.28 bits per heavy atom. The first kappa shape index (κ1) is 20.5. The average Bonchev–Trinajstić information content (AvgIpc) is 2.71. The Hall–Kier alpha value is -3.19. The molecule has 2 N–H and O–H groups in total. The minimum Gasteiger partial charge on any atom is -0.496 e. The van der Waals surface area contributed by atoms with E-state index in [1.165, 1.54) is 13.2 Å². The smallest absolute Gasteiger partial charge is 0.255 e. The topological polar surface area (TPSA) is 93.2 Å². The molecule has 0 fully saturated rings. The molecule has 2 aromatic carbocycles. The van der Waals surface area contributed by atoms with Gasteiger partial charge in [-0.15, -0.1) is 0 Å². The number of halogens is 1. The zero-order chi connectivity index (χ0) is 21.0. The van der Waals surface area contributed by atoms with E-state index in [9.17, 15) is 9.59 Å². The number of aryl methyl sites for hydroxylation is 2. The van der Waals surface area contributed by atoms with E-state index in [4.69, 9.17) is 16.3 Å². The van der Waals surface area contributed by atoms with E-state index in [1.807, 2.05) is 13.8 Å². The van der Waals surface area contributed by atoms with Crippen LogP contribution in [0, 0.1) is 13.8 Å².